The third-order valence-electron chi connectivity index (χ3n) is 3.28. The van der Waals surface area contributed by atoms with Crippen LogP contribution in [0.15, 0.2) is 36.4 Å². The van der Waals surface area contributed by atoms with Crippen LogP contribution >= 0.6 is 0 Å². The Labute approximate surface area is 109 Å². The third kappa shape index (κ3) is 2.73. The van der Waals surface area contributed by atoms with Crippen molar-refractivity contribution in [3.63, 3.8) is 0 Å². The van der Waals surface area contributed by atoms with Gasteiger partial charge in [-0.05, 0) is 37.1 Å². The first-order chi connectivity index (χ1) is 8.58. The normalized spacial score (nSPS) is 16.7. The van der Waals surface area contributed by atoms with Gasteiger partial charge in [0, 0.05) is 38.4 Å². The van der Waals surface area contributed by atoms with Gasteiger partial charge in [-0.3, -0.25) is 4.79 Å². The smallest absolute Gasteiger partial charge is 0.227 e. The van der Waals surface area contributed by atoms with E-state index in [2.05, 4.69) is 6.58 Å². The molecule has 3 heteroatoms. The molecule has 3 nitrogen and oxygen atoms in total. The molecule has 1 aliphatic rings. The summed E-state index contributed by atoms with van der Waals surface area (Å²) in [6, 6.07) is 8.09. The number of anilines is 2. The molecule has 0 aliphatic carbocycles. The summed E-state index contributed by atoms with van der Waals surface area (Å²) in [5.74, 6) is 0.200. The minimum Gasteiger partial charge on any atom is -0.378 e. The van der Waals surface area contributed by atoms with Crippen LogP contribution in [-0.2, 0) is 4.79 Å². The highest BCUT2D eigenvalue weighted by Crippen LogP contribution is 2.24. The molecule has 0 spiro atoms. The molecule has 0 N–H and O–H groups in total. The number of hydrogen-bond donors (Lipinski definition) is 0. The molecule has 0 saturated carbocycles. The van der Waals surface area contributed by atoms with Crippen LogP contribution in [0.25, 0.3) is 0 Å². The van der Waals surface area contributed by atoms with Crippen molar-refractivity contribution in [2.75, 3.05) is 30.4 Å². The summed E-state index contributed by atoms with van der Waals surface area (Å²) in [5.41, 5.74) is 3.24. The summed E-state index contributed by atoms with van der Waals surface area (Å²) < 4.78 is 0. The van der Waals surface area contributed by atoms with E-state index >= 15 is 0 Å². The highest BCUT2D eigenvalue weighted by atomic mass is 16.2. The molecule has 0 radical (unpaired) electrons. The average Bonchev–Trinajstić information content (AvgIpc) is 2.51. The molecule has 0 atom stereocenters. The Morgan fingerprint density at radius 2 is 1.83 bits per heavy atom. The number of carbonyl (C=O) groups excluding carboxylic acids is 1. The van der Waals surface area contributed by atoms with E-state index in [1.807, 2.05) is 48.2 Å². The fourth-order valence-corrected chi connectivity index (χ4v) is 2.18. The number of hydrogen-bond acceptors (Lipinski definition) is 2. The molecule has 1 aromatic carbocycles. The first-order valence-electron chi connectivity index (χ1n) is 6.32. The van der Waals surface area contributed by atoms with Gasteiger partial charge in [-0.2, -0.15) is 0 Å². The highest BCUT2D eigenvalue weighted by molar-refractivity contribution is 5.94. The Bertz CT molecular complexity index is 448. The quantitative estimate of drug-likeness (QED) is 0.747. The van der Waals surface area contributed by atoms with Crippen molar-refractivity contribution in [3.8, 4) is 0 Å². The van der Waals surface area contributed by atoms with Crippen molar-refractivity contribution < 1.29 is 4.79 Å². The van der Waals surface area contributed by atoms with Gasteiger partial charge in [0.05, 0.1) is 0 Å². The van der Waals surface area contributed by atoms with Crippen LogP contribution in [0.2, 0.25) is 0 Å². The lowest BCUT2D eigenvalue weighted by Crippen LogP contribution is -2.30. The van der Waals surface area contributed by atoms with Crippen LogP contribution in [0, 0.1) is 0 Å². The number of carbonyl (C=O) groups is 1. The van der Waals surface area contributed by atoms with Crippen LogP contribution < -0.4 is 9.80 Å². The number of benzene rings is 1. The summed E-state index contributed by atoms with van der Waals surface area (Å²) in [5, 5.41) is 0. The fraction of sp³-hybridized carbons (Fsp3) is 0.400. The predicted octanol–water partition coefficient (Wildman–Crippen LogP) is 2.83. The Morgan fingerprint density at radius 3 is 2.44 bits per heavy atom. The molecule has 2 rings (SSSR count). The van der Waals surface area contributed by atoms with Crippen molar-refractivity contribution in [2.24, 2.45) is 0 Å². The maximum atomic E-state index is 12.1. The van der Waals surface area contributed by atoms with Crippen molar-refractivity contribution in [3.05, 3.63) is 36.4 Å². The lowest BCUT2D eigenvalue weighted by Gasteiger charge is -2.22. The minimum atomic E-state index is 0.200. The van der Waals surface area contributed by atoms with E-state index in [0.29, 0.717) is 13.0 Å². The van der Waals surface area contributed by atoms with Crippen LogP contribution in [-0.4, -0.2) is 26.5 Å². The van der Waals surface area contributed by atoms with Crippen molar-refractivity contribution in [2.45, 2.75) is 19.3 Å². The van der Waals surface area contributed by atoms with E-state index in [1.165, 1.54) is 0 Å². The van der Waals surface area contributed by atoms with E-state index in [4.69, 9.17) is 0 Å². The zero-order valence-corrected chi connectivity index (χ0v) is 11.1. The van der Waals surface area contributed by atoms with E-state index in [-0.39, 0.29) is 5.91 Å². The Balaban J connectivity index is 2.23. The maximum absolute atomic E-state index is 12.1. The molecule has 0 unspecified atom stereocenters. The van der Waals surface area contributed by atoms with Crippen LogP contribution in [0.5, 0.6) is 0 Å². The van der Waals surface area contributed by atoms with Gasteiger partial charge in [-0.15, -0.1) is 0 Å². The molecule has 1 heterocycles. The minimum absolute atomic E-state index is 0.200. The largest absolute Gasteiger partial charge is 0.378 e. The van der Waals surface area contributed by atoms with Gasteiger partial charge in [0.15, 0.2) is 0 Å². The van der Waals surface area contributed by atoms with Crippen molar-refractivity contribution in [1.29, 1.82) is 0 Å². The molecule has 1 aliphatic heterocycles. The van der Waals surface area contributed by atoms with Crippen LogP contribution in [0.1, 0.15) is 19.3 Å². The molecule has 96 valence electrons. The molecule has 1 fully saturated rings. The average molecular weight is 244 g/mol. The van der Waals surface area contributed by atoms with Gasteiger partial charge < -0.3 is 9.80 Å². The van der Waals surface area contributed by atoms with Gasteiger partial charge in [0.25, 0.3) is 0 Å². The van der Waals surface area contributed by atoms with Gasteiger partial charge in [-0.1, -0.05) is 12.2 Å². The SMILES string of the molecule is C=C1CCCC(=O)N(c2ccc(N(C)C)cc2)C1. The topological polar surface area (TPSA) is 23.6 Å². The molecule has 1 amide bonds. The maximum Gasteiger partial charge on any atom is 0.227 e. The third-order valence-corrected chi connectivity index (χ3v) is 3.28. The van der Waals surface area contributed by atoms with Crippen molar-refractivity contribution in [1.82, 2.24) is 0 Å². The lowest BCUT2D eigenvalue weighted by molar-refractivity contribution is -0.118. The standard InChI is InChI=1S/C15H20N2O/c1-12-5-4-6-15(18)17(11-12)14-9-7-13(8-10-14)16(2)3/h7-10H,1,4-6,11H2,2-3H3. The van der Waals surface area contributed by atoms with E-state index in [0.717, 1.165) is 29.8 Å². The van der Waals surface area contributed by atoms with E-state index in [1.54, 1.807) is 0 Å². The van der Waals surface area contributed by atoms with Crippen molar-refractivity contribution >= 4 is 17.3 Å². The summed E-state index contributed by atoms with van der Waals surface area (Å²) in [7, 11) is 4.02. The monoisotopic (exact) mass is 244 g/mol. The van der Waals surface area contributed by atoms with Gasteiger partial charge in [0.1, 0.15) is 0 Å². The lowest BCUT2D eigenvalue weighted by atomic mass is 10.1. The summed E-state index contributed by atoms with van der Waals surface area (Å²) in [4.78, 5) is 15.9. The molecule has 0 aromatic heterocycles. The molecule has 1 saturated heterocycles. The van der Waals surface area contributed by atoms with Crippen LogP contribution in [0.4, 0.5) is 11.4 Å². The van der Waals surface area contributed by atoms with E-state index in [9.17, 15) is 4.79 Å². The molecule has 18 heavy (non-hydrogen) atoms. The van der Waals surface area contributed by atoms with Gasteiger partial charge in [-0.25, -0.2) is 0 Å². The summed E-state index contributed by atoms with van der Waals surface area (Å²) >= 11 is 0. The van der Waals surface area contributed by atoms with E-state index < -0.39 is 0 Å². The van der Waals surface area contributed by atoms with Gasteiger partial charge in [0.2, 0.25) is 5.91 Å². The molecule has 0 bridgehead atoms. The number of rotatable bonds is 2. The molecular weight excluding hydrogens is 224 g/mol. The second-order valence-electron chi connectivity index (χ2n) is 4.99. The van der Waals surface area contributed by atoms with Crippen LogP contribution in [0.3, 0.4) is 0 Å². The first kappa shape index (κ1) is 12.7. The van der Waals surface area contributed by atoms with Gasteiger partial charge >= 0.3 is 0 Å². The molecular formula is C15H20N2O. The zero-order chi connectivity index (χ0) is 13.1. The Morgan fingerprint density at radius 1 is 1.17 bits per heavy atom. The Hall–Kier alpha value is -1.77. The Kier molecular flexibility index (Phi) is 3.70. The molecule has 1 aromatic rings. The zero-order valence-electron chi connectivity index (χ0n) is 11.1. The second kappa shape index (κ2) is 5.25. The second-order valence-corrected chi connectivity index (χ2v) is 4.99. The highest BCUT2D eigenvalue weighted by Gasteiger charge is 2.19. The summed E-state index contributed by atoms with van der Waals surface area (Å²) in [6.45, 7) is 4.68. The fourth-order valence-electron chi connectivity index (χ4n) is 2.18. The predicted molar refractivity (Wildman–Crippen MR) is 76.1 cm³/mol. The number of nitrogens with zero attached hydrogens (tertiary/aromatic N) is 2. The summed E-state index contributed by atoms with van der Waals surface area (Å²) in [6.07, 6.45) is 2.50. The number of amides is 1. The first-order valence-corrected chi connectivity index (χ1v) is 6.32.